The fourth-order valence-corrected chi connectivity index (χ4v) is 2.27. The van der Waals surface area contributed by atoms with E-state index in [1.807, 2.05) is 48.5 Å². The third-order valence-electron chi connectivity index (χ3n) is 3.48. The smallest absolute Gasteiger partial charge is 0.287 e. The fourth-order valence-electron chi connectivity index (χ4n) is 2.27. The van der Waals surface area contributed by atoms with Gasteiger partial charge in [-0.25, -0.2) is 0 Å². The molecule has 0 aliphatic heterocycles. The second-order valence-electron chi connectivity index (χ2n) is 5.12. The highest BCUT2D eigenvalue weighted by atomic mass is 16.5. The van der Waals surface area contributed by atoms with Crippen LogP contribution in [0.25, 0.3) is 11.0 Å². The van der Waals surface area contributed by atoms with E-state index < -0.39 is 0 Å². The predicted molar refractivity (Wildman–Crippen MR) is 94.8 cm³/mol. The van der Waals surface area contributed by atoms with E-state index in [9.17, 15) is 4.79 Å². The maximum Gasteiger partial charge on any atom is 0.287 e. The molecule has 1 amide bonds. The Morgan fingerprint density at radius 2 is 1.84 bits per heavy atom. The van der Waals surface area contributed by atoms with E-state index in [4.69, 9.17) is 13.9 Å². The summed E-state index contributed by atoms with van der Waals surface area (Å²) >= 11 is 0. The highest BCUT2D eigenvalue weighted by Gasteiger charge is 2.10. The minimum absolute atomic E-state index is 0.209. The van der Waals surface area contributed by atoms with Crippen molar-refractivity contribution in [3.8, 4) is 23.3 Å². The molecule has 1 N–H and O–H groups in total. The molecule has 1 heterocycles. The van der Waals surface area contributed by atoms with Gasteiger partial charge in [0.05, 0.1) is 13.7 Å². The average molecular weight is 335 g/mol. The van der Waals surface area contributed by atoms with Crippen molar-refractivity contribution in [2.75, 3.05) is 20.3 Å². The largest absolute Gasteiger partial charge is 0.493 e. The first-order chi connectivity index (χ1) is 12.3. The lowest BCUT2D eigenvalue weighted by Crippen LogP contribution is -2.23. The summed E-state index contributed by atoms with van der Waals surface area (Å²) in [6.07, 6.45) is 0. The molecule has 0 radical (unpaired) electrons. The summed E-state index contributed by atoms with van der Waals surface area (Å²) in [6, 6.07) is 16.5. The van der Waals surface area contributed by atoms with Crippen LogP contribution in [-0.2, 0) is 0 Å². The Kier molecular flexibility index (Phi) is 5.22. The summed E-state index contributed by atoms with van der Waals surface area (Å²) in [5.41, 5.74) is 0.684. The van der Waals surface area contributed by atoms with Gasteiger partial charge in [-0.2, -0.15) is 0 Å². The number of carbonyl (C=O) groups excluding carboxylic acids is 1. The topological polar surface area (TPSA) is 60.7 Å². The lowest BCUT2D eigenvalue weighted by atomic mass is 10.2. The second-order valence-corrected chi connectivity index (χ2v) is 5.12. The van der Waals surface area contributed by atoms with Gasteiger partial charge in [0.1, 0.15) is 12.2 Å². The third kappa shape index (κ3) is 4.12. The second kappa shape index (κ2) is 7.93. The van der Waals surface area contributed by atoms with Gasteiger partial charge < -0.3 is 19.2 Å². The van der Waals surface area contributed by atoms with Crippen molar-refractivity contribution in [3.63, 3.8) is 0 Å². The molecule has 1 aromatic heterocycles. The monoisotopic (exact) mass is 335 g/mol. The average Bonchev–Trinajstić information content (AvgIpc) is 3.09. The maximum absolute atomic E-state index is 12.0. The Bertz CT molecular complexity index is 900. The van der Waals surface area contributed by atoms with Crippen molar-refractivity contribution >= 4 is 16.9 Å². The zero-order chi connectivity index (χ0) is 17.5. The van der Waals surface area contributed by atoms with Crippen LogP contribution in [0.2, 0.25) is 0 Å². The highest BCUT2D eigenvalue weighted by molar-refractivity contribution is 5.96. The molecule has 0 fully saturated rings. The van der Waals surface area contributed by atoms with E-state index in [0.29, 0.717) is 17.1 Å². The molecule has 25 heavy (non-hydrogen) atoms. The van der Waals surface area contributed by atoms with Crippen molar-refractivity contribution in [2.24, 2.45) is 0 Å². The molecule has 3 aromatic rings. The van der Waals surface area contributed by atoms with Crippen LogP contribution in [0.4, 0.5) is 0 Å². The molecule has 0 spiro atoms. The molecule has 3 rings (SSSR count). The molecular weight excluding hydrogens is 318 g/mol. The SMILES string of the molecule is COc1ccccc1OCC#CCNC(=O)c1cc2ccccc2o1. The Labute approximate surface area is 145 Å². The van der Waals surface area contributed by atoms with E-state index in [0.717, 1.165) is 5.39 Å². The lowest BCUT2D eigenvalue weighted by molar-refractivity contribution is 0.0933. The van der Waals surface area contributed by atoms with Crippen molar-refractivity contribution in [1.82, 2.24) is 5.32 Å². The van der Waals surface area contributed by atoms with Crippen LogP contribution >= 0.6 is 0 Å². The van der Waals surface area contributed by atoms with Gasteiger partial charge in [-0.05, 0) is 24.3 Å². The quantitative estimate of drug-likeness (QED) is 0.727. The lowest BCUT2D eigenvalue weighted by Gasteiger charge is -2.07. The molecule has 0 saturated carbocycles. The van der Waals surface area contributed by atoms with Crippen molar-refractivity contribution in [1.29, 1.82) is 0 Å². The summed E-state index contributed by atoms with van der Waals surface area (Å²) in [7, 11) is 1.58. The molecule has 0 saturated heterocycles. The number of furan rings is 1. The number of hydrogen-bond acceptors (Lipinski definition) is 4. The number of benzene rings is 2. The Morgan fingerprint density at radius 1 is 1.08 bits per heavy atom. The van der Waals surface area contributed by atoms with Crippen LogP contribution in [0, 0.1) is 11.8 Å². The van der Waals surface area contributed by atoms with E-state index in [1.165, 1.54) is 0 Å². The zero-order valence-corrected chi connectivity index (χ0v) is 13.7. The number of rotatable bonds is 5. The first-order valence-corrected chi connectivity index (χ1v) is 7.76. The molecule has 2 aromatic carbocycles. The fraction of sp³-hybridized carbons (Fsp3) is 0.150. The highest BCUT2D eigenvalue weighted by Crippen LogP contribution is 2.25. The number of ether oxygens (including phenoxy) is 2. The van der Waals surface area contributed by atoms with Gasteiger partial charge in [-0.3, -0.25) is 4.79 Å². The first kappa shape index (κ1) is 16.5. The van der Waals surface area contributed by atoms with Crippen molar-refractivity contribution in [2.45, 2.75) is 0 Å². The van der Waals surface area contributed by atoms with Crippen LogP contribution in [-0.4, -0.2) is 26.2 Å². The molecule has 126 valence electrons. The maximum atomic E-state index is 12.0. The number of amides is 1. The molecule has 0 bridgehead atoms. The van der Waals surface area contributed by atoms with Gasteiger partial charge in [-0.15, -0.1) is 0 Å². The Hall–Kier alpha value is -3.39. The minimum Gasteiger partial charge on any atom is -0.493 e. The molecule has 0 aliphatic rings. The minimum atomic E-state index is -0.295. The van der Waals surface area contributed by atoms with E-state index in [-0.39, 0.29) is 24.8 Å². The number of nitrogens with one attached hydrogen (secondary N) is 1. The third-order valence-corrected chi connectivity index (χ3v) is 3.48. The Morgan fingerprint density at radius 3 is 2.64 bits per heavy atom. The molecule has 0 atom stereocenters. The molecule has 5 nitrogen and oxygen atoms in total. The van der Waals surface area contributed by atoms with Crippen molar-refractivity contribution in [3.05, 3.63) is 60.4 Å². The van der Waals surface area contributed by atoms with Crippen LogP contribution in [0.3, 0.4) is 0 Å². The number of fused-ring (bicyclic) bond motifs is 1. The number of hydrogen-bond donors (Lipinski definition) is 1. The van der Waals surface area contributed by atoms with E-state index in [1.54, 1.807) is 13.2 Å². The number of para-hydroxylation sites is 3. The van der Waals surface area contributed by atoms with Gasteiger partial charge in [0.15, 0.2) is 17.3 Å². The van der Waals surface area contributed by atoms with Gasteiger partial charge >= 0.3 is 0 Å². The van der Waals surface area contributed by atoms with Gasteiger partial charge in [0, 0.05) is 5.39 Å². The molecule has 5 heteroatoms. The molecule has 0 aliphatic carbocycles. The Balaban J connectivity index is 1.48. The van der Waals surface area contributed by atoms with Crippen LogP contribution in [0.15, 0.2) is 59.0 Å². The molecule has 0 unspecified atom stereocenters. The van der Waals surface area contributed by atoms with Crippen molar-refractivity contribution < 1.29 is 18.7 Å². The summed E-state index contributed by atoms with van der Waals surface area (Å²) < 4.78 is 16.2. The molecular formula is C20H17NO4. The summed E-state index contributed by atoms with van der Waals surface area (Å²) in [4.78, 5) is 12.0. The summed E-state index contributed by atoms with van der Waals surface area (Å²) in [5, 5.41) is 3.59. The summed E-state index contributed by atoms with van der Waals surface area (Å²) in [6.45, 7) is 0.423. The standard InChI is InChI=1S/C20H17NO4/c1-23-17-10-4-5-11-18(17)24-13-7-6-12-21-20(22)19-14-15-8-2-3-9-16(15)25-19/h2-5,8-11,14H,12-13H2,1H3,(H,21,22). The van der Waals surface area contributed by atoms with Gasteiger partial charge in [0.25, 0.3) is 5.91 Å². The number of carbonyl (C=O) groups is 1. The predicted octanol–water partition coefficient (Wildman–Crippen LogP) is 3.25. The van der Waals surface area contributed by atoms with E-state index >= 15 is 0 Å². The number of methoxy groups -OCH3 is 1. The van der Waals surface area contributed by atoms with Crippen LogP contribution in [0.5, 0.6) is 11.5 Å². The normalized spacial score (nSPS) is 9.96. The zero-order valence-electron chi connectivity index (χ0n) is 13.7. The summed E-state index contributed by atoms with van der Waals surface area (Å²) in [5.74, 6) is 6.95. The van der Waals surface area contributed by atoms with Gasteiger partial charge in [-0.1, -0.05) is 42.2 Å². The van der Waals surface area contributed by atoms with Crippen LogP contribution < -0.4 is 14.8 Å². The first-order valence-electron chi connectivity index (χ1n) is 7.76. The van der Waals surface area contributed by atoms with E-state index in [2.05, 4.69) is 17.2 Å². The van der Waals surface area contributed by atoms with Gasteiger partial charge in [0.2, 0.25) is 0 Å². The van der Waals surface area contributed by atoms with Crippen LogP contribution in [0.1, 0.15) is 10.6 Å².